The van der Waals surface area contributed by atoms with Crippen molar-refractivity contribution < 1.29 is 9.59 Å². The number of aryl methyl sites for hydroxylation is 1. The Bertz CT molecular complexity index is 988. The van der Waals surface area contributed by atoms with Crippen molar-refractivity contribution in [3.63, 3.8) is 0 Å². The topological polar surface area (TPSA) is 52.7 Å². The van der Waals surface area contributed by atoms with Gasteiger partial charge >= 0.3 is 0 Å². The molecule has 0 spiro atoms. The maximum Gasteiger partial charge on any atom is 0.254 e. The largest absolute Gasteiger partial charge is 0.335 e. The van der Waals surface area contributed by atoms with Crippen molar-refractivity contribution in [3.05, 3.63) is 65.7 Å². The third-order valence-corrected chi connectivity index (χ3v) is 8.19. The third-order valence-electron chi connectivity index (χ3n) is 8.19. The smallest absolute Gasteiger partial charge is 0.254 e. The van der Waals surface area contributed by atoms with Crippen molar-refractivity contribution in [2.75, 3.05) is 25.0 Å². The van der Waals surface area contributed by atoms with Crippen molar-refractivity contribution in [3.8, 4) is 0 Å². The van der Waals surface area contributed by atoms with E-state index in [0.717, 1.165) is 30.6 Å². The Morgan fingerprint density at radius 1 is 0.971 bits per heavy atom. The fourth-order valence-electron chi connectivity index (χ4n) is 6.68. The van der Waals surface area contributed by atoms with E-state index in [1.807, 2.05) is 54.6 Å². The van der Waals surface area contributed by atoms with Gasteiger partial charge in [-0.3, -0.25) is 14.5 Å². The summed E-state index contributed by atoms with van der Waals surface area (Å²) in [6.07, 6.45) is 7.05. The van der Waals surface area contributed by atoms with E-state index in [1.54, 1.807) is 0 Å². The Morgan fingerprint density at radius 2 is 1.71 bits per heavy atom. The Balaban J connectivity index is 1.31. The summed E-state index contributed by atoms with van der Waals surface area (Å²) >= 11 is 0. The minimum atomic E-state index is 0.0548. The van der Waals surface area contributed by atoms with Gasteiger partial charge in [-0.2, -0.15) is 0 Å². The fraction of sp³-hybridized carbons (Fsp3) is 0.517. The lowest BCUT2D eigenvalue weighted by Crippen LogP contribution is -2.65. The number of carbonyl (C=O) groups excluding carboxylic acids is 2. The van der Waals surface area contributed by atoms with E-state index >= 15 is 0 Å². The Labute approximate surface area is 203 Å². The average molecular weight is 460 g/mol. The first kappa shape index (κ1) is 23.1. The molecule has 3 saturated heterocycles. The zero-order valence-corrected chi connectivity index (χ0v) is 20.3. The van der Waals surface area contributed by atoms with Gasteiger partial charge in [0, 0.05) is 36.3 Å². The zero-order valence-electron chi connectivity index (χ0n) is 20.3. The SMILES string of the molecule is Cc1ccc(C(=O)N2C[C@@H]3CCCN4CCC[C@@H]([C@H]34)[C@H]2CCCC(=O)Nc2ccccc2)cc1. The van der Waals surface area contributed by atoms with Crippen molar-refractivity contribution >= 4 is 17.5 Å². The fourth-order valence-corrected chi connectivity index (χ4v) is 6.68. The summed E-state index contributed by atoms with van der Waals surface area (Å²) in [5.74, 6) is 1.31. The number of benzene rings is 2. The highest BCUT2D eigenvalue weighted by molar-refractivity contribution is 5.94. The summed E-state index contributed by atoms with van der Waals surface area (Å²) in [4.78, 5) is 31.2. The van der Waals surface area contributed by atoms with Crippen LogP contribution < -0.4 is 5.32 Å². The number of rotatable bonds is 6. The highest BCUT2D eigenvalue weighted by Gasteiger charge is 2.49. The van der Waals surface area contributed by atoms with Crippen molar-refractivity contribution in [1.29, 1.82) is 0 Å². The number of anilines is 1. The van der Waals surface area contributed by atoms with E-state index in [4.69, 9.17) is 0 Å². The van der Waals surface area contributed by atoms with Gasteiger partial charge in [0.05, 0.1) is 0 Å². The lowest BCUT2D eigenvalue weighted by molar-refractivity contribution is -0.116. The van der Waals surface area contributed by atoms with Gasteiger partial charge in [-0.15, -0.1) is 0 Å². The monoisotopic (exact) mass is 459 g/mol. The van der Waals surface area contributed by atoms with E-state index in [2.05, 4.69) is 22.0 Å². The molecule has 0 saturated carbocycles. The van der Waals surface area contributed by atoms with Crippen LogP contribution in [0.2, 0.25) is 0 Å². The first-order valence-electron chi connectivity index (χ1n) is 13.1. The predicted octanol–water partition coefficient (Wildman–Crippen LogP) is 5.12. The van der Waals surface area contributed by atoms with Crippen LogP contribution in [0.3, 0.4) is 0 Å². The maximum atomic E-state index is 13.7. The van der Waals surface area contributed by atoms with Crippen LogP contribution in [0, 0.1) is 18.8 Å². The van der Waals surface area contributed by atoms with Crippen LogP contribution in [0.15, 0.2) is 54.6 Å². The molecule has 3 fully saturated rings. The normalized spacial score (nSPS) is 26.6. The highest BCUT2D eigenvalue weighted by atomic mass is 16.2. The summed E-state index contributed by atoms with van der Waals surface area (Å²) in [5, 5.41) is 3.01. The number of para-hydroxylation sites is 1. The number of nitrogens with zero attached hydrogens (tertiary/aromatic N) is 2. The first-order chi connectivity index (χ1) is 16.6. The minimum Gasteiger partial charge on any atom is -0.335 e. The molecule has 5 heteroatoms. The molecule has 1 N–H and O–H groups in total. The standard InChI is InChI=1S/C29H37N3O2/c1-21-14-16-22(17-15-21)29(34)32-20-23-8-6-18-31-19-7-11-25(28(23)31)26(32)12-5-13-27(33)30-24-9-3-2-4-10-24/h2-4,9-10,14-17,23,25-26,28H,5-8,11-13,18-20H2,1H3,(H,30,33)/t23-,25+,26+,28-/m0/s1. The molecule has 2 aromatic carbocycles. The van der Waals surface area contributed by atoms with E-state index in [1.165, 1.54) is 44.3 Å². The summed E-state index contributed by atoms with van der Waals surface area (Å²) in [6.45, 7) is 5.32. The van der Waals surface area contributed by atoms with Crippen LogP contribution in [-0.4, -0.2) is 53.3 Å². The van der Waals surface area contributed by atoms with Crippen molar-refractivity contribution in [1.82, 2.24) is 9.80 Å². The third kappa shape index (κ3) is 4.90. The second-order valence-electron chi connectivity index (χ2n) is 10.4. The molecule has 2 amide bonds. The molecule has 3 heterocycles. The predicted molar refractivity (Wildman–Crippen MR) is 136 cm³/mol. The number of piperidine rings is 3. The van der Waals surface area contributed by atoms with E-state index < -0.39 is 0 Å². The van der Waals surface area contributed by atoms with Crippen LogP contribution in [0.5, 0.6) is 0 Å². The quantitative estimate of drug-likeness (QED) is 0.652. The molecule has 180 valence electrons. The molecule has 5 nitrogen and oxygen atoms in total. The molecule has 4 atom stereocenters. The van der Waals surface area contributed by atoms with E-state index in [9.17, 15) is 9.59 Å². The second-order valence-corrected chi connectivity index (χ2v) is 10.4. The Hall–Kier alpha value is -2.66. The summed E-state index contributed by atoms with van der Waals surface area (Å²) in [6, 6.07) is 18.5. The second kappa shape index (κ2) is 10.3. The first-order valence-corrected chi connectivity index (χ1v) is 13.1. The van der Waals surface area contributed by atoms with Gasteiger partial charge < -0.3 is 10.2 Å². The molecule has 0 radical (unpaired) electrons. The molecular weight excluding hydrogens is 422 g/mol. The van der Waals surface area contributed by atoms with Crippen molar-refractivity contribution in [2.24, 2.45) is 11.8 Å². The molecule has 34 heavy (non-hydrogen) atoms. The van der Waals surface area contributed by atoms with Gasteiger partial charge in [-0.05, 0) is 94.6 Å². The Morgan fingerprint density at radius 3 is 2.47 bits per heavy atom. The van der Waals surface area contributed by atoms with Crippen LogP contribution in [-0.2, 0) is 4.79 Å². The molecule has 0 unspecified atom stereocenters. The van der Waals surface area contributed by atoms with Crippen LogP contribution in [0.1, 0.15) is 60.9 Å². The number of amides is 2. The lowest BCUT2D eigenvalue weighted by Gasteiger charge is -2.57. The van der Waals surface area contributed by atoms with E-state index in [0.29, 0.717) is 24.3 Å². The summed E-state index contributed by atoms with van der Waals surface area (Å²) < 4.78 is 0. The molecule has 0 bridgehead atoms. The molecule has 3 aliphatic heterocycles. The molecule has 5 rings (SSSR count). The average Bonchev–Trinajstić information content (AvgIpc) is 2.86. The van der Waals surface area contributed by atoms with Gasteiger partial charge in [0.15, 0.2) is 0 Å². The summed E-state index contributed by atoms with van der Waals surface area (Å²) in [7, 11) is 0. The van der Waals surface area contributed by atoms with Crippen LogP contribution in [0.25, 0.3) is 0 Å². The lowest BCUT2D eigenvalue weighted by atomic mass is 9.69. The minimum absolute atomic E-state index is 0.0548. The Kier molecular flexibility index (Phi) is 7.00. The number of nitrogens with one attached hydrogen (secondary N) is 1. The summed E-state index contributed by atoms with van der Waals surface area (Å²) in [5.41, 5.74) is 2.81. The molecule has 3 aliphatic rings. The van der Waals surface area contributed by atoms with Gasteiger partial charge in [-0.25, -0.2) is 0 Å². The van der Waals surface area contributed by atoms with Crippen molar-refractivity contribution in [2.45, 2.75) is 64.0 Å². The van der Waals surface area contributed by atoms with E-state index in [-0.39, 0.29) is 17.9 Å². The number of hydrogen-bond acceptors (Lipinski definition) is 3. The van der Waals surface area contributed by atoms with Gasteiger partial charge in [0.2, 0.25) is 5.91 Å². The zero-order chi connectivity index (χ0) is 23.5. The van der Waals surface area contributed by atoms with Gasteiger partial charge in [0.25, 0.3) is 5.91 Å². The number of carbonyl (C=O) groups is 2. The molecular formula is C29H37N3O2. The van der Waals surface area contributed by atoms with Crippen LogP contribution >= 0.6 is 0 Å². The van der Waals surface area contributed by atoms with Crippen LogP contribution in [0.4, 0.5) is 5.69 Å². The molecule has 2 aromatic rings. The molecule has 0 aliphatic carbocycles. The van der Waals surface area contributed by atoms with Gasteiger partial charge in [-0.1, -0.05) is 35.9 Å². The number of hydrogen-bond donors (Lipinski definition) is 1. The maximum absolute atomic E-state index is 13.7. The molecule has 0 aromatic heterocycles. The highest BCUT2D eigenvalue weighted by Crippen LogP contribution is 2.43. The number of likely N-dealkylation sites (tertiary alicyclic amines) is 1. The van der Waals surface area contributed by atoms with Gasteiger partial charge in [0.1, 0.15) is 0 Å².